The molecule has 0 saturated carbocycles. The third-order valence-corrected chi connectivity index (χ3v) is 10.3. The Morgan fingerprint density at radius 3 is 2.05 bits per heavy atom. The van der Waals surface area contributed by atoms with Crippen LogP contribution in [0.25, 0.3) is 0 Å². The molecule has 0 radical (unpaired) electrons. The minimum Gasteiger partial charge on any atom is -0.342 e. The van der Waals surface area contributed by atoms with Crippen molar-refractivity contribution in [2.45, 2.75) is 71.0 Å². The highest BCUT2D eigenvalue weighted by Gasteiger charge is 2.53. The quantitative estimate of drug-likeness (QED) is 0.442. The van der Waals surface area contributed by atoms with E-state index in [0.29, 0.717) is 55.1 Å². The first-order chi connectivity index (χ1) is 17.2. The van der Waals surface area contributed by atoms with Crippen molar-refractivity contribution in [3.63, 3.8) is 0 Å². The van der Waals surface area contributed by atoms with Crippen molar-refractivity contribution in [3.05, 3.63) is 29.8 Å². The van der Waals surface area contributed by atoms with Crippen LogP contribution in [0.5, 0.6) is 0 Å². The summed E-state index contributed by atoms with van der Waals surface area (Å²) < 4.78 is 48.5. The summed E-state index contributed by atoms with van der Waals surface area (Å²) in [5.41, 5.74) is 0.128. The molecule has 1 spiro atoms. The normalized spacial score (nSPS) is 20.4. The molecule has 2 saturated heterocycles. The lowest BCUT2D eigenvalue weighted by atomic mass is 9.80. The molecule has 2 heterocycles. The van der Waals surface area contributed by atoms with Crippen molar-refractivity contribution >= 4 is 50.0 Å². The van der Waals surface area contributed by atoms with Gasteiger partial charge in [0.25, 0.3) is 0 Å². The van der Waals surface area contributed by atoms with Crippen LogP contribution >= 0.6 is 12.4 Å². The van der Waals surface area contributed by atoms with Crippen molar-refractivity contribution in [2.24, 2.45) is 5.92 Å². The zero-order valence-corrected chi connectivity index (χ0v) is 25.3. The predicted molar refractivity (Wildman–Crippen MR) is 151 cm³/mol. The fourth-order valence-electron chi connectivity index (χ4n) is 5.34. The molecule has 1 N–H and O–H groups in total. The maximum Gasteiger partial charge on any atom is 0.246 e. The minimum atomic E-state index is -4.00. The van der Waals surface area contributed by atoms with E-state index in [2.05, 4.69) is 17.1 Å². The standard InChI is InChI=1S/C25H40N4O6S2.ClH/c1-6-7-14-28-23(30)22(17-19(2)3)26-24(31)25(28)12-15-27(16-13-25)18-20-8-10-21(11-9-20)29(36(4,32)33)37(5,34)35;/h8-11,19,22H,6-7,12-18H2,1-5H3,(H,26,31);1H/t22-;/m0./s1. The molecular formula is C25H41ClN4O6S2. The van der Waals surface area contributed by atoms with Gasteiger partial charge in [-0.15, -0.1) is 12.4 Å². The maximum absolute atomic E-state index is 13.4. The number of carbonyl (C=O) groups excluding carboxylic acids is 2. The van der Waals surface area contributed by atoms with Crippen molar-refractivity contribution in [1.82, 2.24) is 15.1 Å². The Kier molecular flexibility index (Phi) is 10.7. The van der Waals surface area contributed by atoms with E-state index in [9.17, 15) is 26.4 Å². The van der Waals surface area contributed by atoms with Crippen molar-refractivity contribution in [2.75, 3.05) is 35.9 Å². The highest BCUT2D eigenvalue weighted by atomic mass is 35.5. The van der Waals surface area contributed by atoms with E-state index in [-0.39, 0.29) is 29.9 Å². The molecule has 38 heavy (non-hydrogen) atoms. The van der Waals surface area contributed by atoms with Crippen LogP contribution in [0, 0.1) is 5.92 Å². The summed E-state index contributed by atoms with van der Waals surface area (Å²) in [6.45, 7) is 8.56. The van der Waals surface area contributed by atoms with E-state index in [1.165, 1.54) is 12.1 Å². The number of anilines is 1. The molecule has 2 aliphatic rings. The second-order valence-electron chi connectivity index (χ2n) is 10.7. The molecule has 1 aromatic carbocycles. The van der Waals surface area contributed by atoms with Crippen LogP contribution in [-0.2, 0) is 36.2 Å². The number of hydrogen-bond acceptors (Lipinski definition) is 7. The Morgan fingerprint density at radius 2 is 1.58 bits per heavy atom. The Morgan fingerprint density at radius 1 is 1.03 bits per heavy atom. The largest absolute Gasteiger partial charge is 0.342 e. The molecule has 2 amide bonds. The highest BCUT2D eigenvalue weighted by molar-refractivity contribution is 8.09. The zero-order valence-electron chi connectivity index (χ0n) is 22.8. The maximum atomic E-state index is 13.4. The molecule has 0 unspecified atom stereocenters. The van der Waals surface area contributed by atoms with Gasteiger partial charge < -0.3 is 10.2 Å². The minimum absolute atomic E-state index is 0. The molecule has 3 rings (SSSR count). The number of nitrogens with zero attached hydrogens (tertiary/aromatic N) is 3. The van der Waals surface area contributed by atoms with Gasteiger partial charge in [0.15, 0.2) is 0 Å². The summed E-state index contributed by atoms with van der Waals surface area (Å²) in [4.78, 5) is 30.8. The van der Waals surface area contributed by atoms with Crippen LogP contribution in [0.1, 0.15) is 58.4 Å². The van der Waals surface area contributed by atoms with Gasteiger partial charge in [0.1, 0.15) is 11.6 Å². The molecular weight excluding hydrogens is 552 g/mol. The fourth-order valence-corrected chi connectivity index (χ4v) is 8.31. The number of halogens is 1. The lowest BCUT2D eigenvalue weighted by molar-refractivity contribution is -0.161. The van der Waals surface area contributed by atoms with Crippen molar-refractivity contribution in [3.8, 4) is 0 Å². The molecule has 2 fully saturated rings. The monoisotopic (exact) mass is 592 g/mol. The van der Waals surface area contributed by atoms with Gasteiger partial charge in [0, 0.05) is 26.2 Å². The smallest absolute Gasteiger partial charge is 0.246 e. The van der Waals surface area contributed by atoms with Gasteiger partial charge >= 0.3 is 0 Å². The highest BCUT2D eigenvalue weighted by Crippen LogP contribution is 2.35. The van der Waals surface area contributed by atoms with E-state index in [4.69, 9.17) is 0 Å². The molecule has 216 valence electrons. The molecule has 0 bridgehead atoms. The summed E-state index contributed by atoms with van der Waals surface area (Å²) in [6.07, 6.45) is 5.20. The lowest BCUT2D eigenvalue weighted by Crippen LogP contribution is -2.73. The topological polar surface area (TPSA) is 124 Å². The predicted octanol–water partition coefficient (Wildman–Crippen LogP) is 2.34. The van der Waals surface area contributed by atoms with E-state index in [0.717, 1.165) is 30.9 Å². The third kappa shape index (κ3) is 7.19. The lowest BCUT2D eigenvalue weighted by Gasteiger charge is -2.52. The average molecular weight is 593 g/mol. The average Bonchev–Trinajstić information content (AvgIpc) is 2.78. The Hall–Kier alpha value is -1.89. The van der Waals surface area contributed by atoms with Gasteiger partial charge in [-0.05, 0) is 49.3 Å². The fraction of sp³-hybridized carbons (Fsp3) is 0.680. The van der Waals surface area contributed by atoms with E-state index in [1.807, 2.05) is 18.7 Å². The number of amides is 2. The summed E-state index contributed by atoms with van der Waals surface area (Å²) >= 11 is 0. The van der Waals surface area contributed by atoms with Gasteiger partial charge in [-0.3, -0.25) is 14.5 Å². The second kappa shape index (κ2) is 12.5. The Labute approximate surface area is 233 Å². The van der Waals surface area contributed by atoms with Crippen LogP contribution in [0.4, 0.5) is 5.69 Å². The van der Waals surface area contributed by atoms with Crippen LogP contribution in [0.3, 0.4) is 0 Å². The van der Waals surface area contributed by atoms with Gasteiger partial charge in [-0.2, -0.15) is 3.71 Å². The number of sulfonamides is 2. The number of carbonyl (C=O) groups is 2. The zero-order chi connectivity index (χ0) is 27.6. The van der Waals surface area contributed by atoms with E-state index < -0.39 is 31.6 Å². The summed E-state index contributed by atoms with van der Waals surface area (Å²) in [6, 6.07) is 5.92. The van der Waals surface area contributed by atoms with E-state index >= 15 is 0 Å². The SMILES string of the molecule is CCCCN1C(=O)[C@H](CC(C)C)NC(=O)C12CCN(Cc1ccc(N(S(C)(=O)=O)S(C)(=O)=O)cc1)CC2.Cl. The van der Waals surface area contributed by atoms with Gasteiger partial charge in [-0.1, -0.05) is 39.3 Å². The third-order valence-electron chi connectivity index (χ3n) is 7.09. The van der Waals surface area contributed by atoms with Crippen LogP contribution < -0.4 is 9.03 Å². The van der Waals surface area contributed by atoms with Gasteiger partial charge in [0.2, 0.25) is 31.9 Å². The van der Waals surface area contributed by atoms with Gasteiger partial charge in [-0.25, -0.2) is 16.8 Å². The Bertz CT molecular complexity index is 1160. The second-order valence-corrected chi connectivity index (χ2v) is 14.6. The first-order valence-electron chi connectivity index (χ1n) is 12.8. The number of nitrogens with one attached hydrogen (secondary N) is 1. The van der Waals surface area contributed by atoms with E-state index in [1.54, 1.807) is 12.1 Å². The van der Waals surface area contributed by atoms with Crippen molar-refractivity contribution < 1.29 is 26.4 Å². The first-order valence-corrected chi connectivity index (χ1v) is 16.5. The summed E-state index contributed by atoms with van der Waals surface area (Å²) in [5, 5.41) is 3.02. The first kappa shape index (κ1) is 32.3. The number of unbranched alkanes of at least 4 members (excludes halogenated alkanes) is 1. The molecule has 2 aliphatic heterocycles. The number of likely N-dealkylation sites (tertiary alicyclic amines) is 1. The van der Waals surface area contributed by atoms with Crippen LogP contribution in [0.2, 0.25) is 0 Å². The van der Waals surface area contributed by atoms with Crippen LogP contribution in [0.15, 0.2) is 24.3 Å². The number of benzene rings is 1. The summed E-state index contributed by atoms with van der Waals surface area (Å²) in [7, 11) is -8.00. The number of rotatable bonds is 10. The van der Waals surface area contributed by atoms with Crippen LogP contribution in [-0.4, -0.2) is 82.2 Å². The molecule has 10 nitrogen and oxygen atoms in total. The number of hydrogen-bond donors (Lipinski definition) is 1. The van der Waals surface area contributed by atoms with Crippen molar-refractivity contribution in [1.29, 1.82) is 0 Å². The molecule has 1 aromatic rings. The Balaban J connectivity index is 0.00000507. The molecule has 13 heteroatoms. The number of piperazine rings is 1. The summed E-state index contributed by atoms with van der Waals surface area (Å²) in [5.74, 6) is 0.262. The molecule has 0 aliphatic carbocycles. The number of piperidine rings is 1. The van der Waals surface area contributed by atoms with Gasteiger partial charge in [0.05, 0.1) is 18.2 Å². The molecule has 0 aromatic heterocycles. The molecule has 1 atom stereocenters.